The zero-order valence-corrected chi connectivity index (χ0v) is 17.1. The van der Waals surface area contributed by atoms with Crippen molar-refractivity contribution in [3.05, 3.63) is 64.2 Å². The maximum Gasteiger partial charge on any atom is 0.266 e. The van der Waals surface area contributed by atoms with Gasteiger partial charge in [-0.05, 0) is 37.1 Å². The van der Waals surface area contributed by atoms with Crippen LogP contribution in [0.25, 0.3) is 6.08 Å². The number of anilines is 1. The van der Waals surface area contributed by atoms with Gasteiger partial charge in [-0.1, -0.05) is 68.1 Å². The van der Waals surface area contributed by atoms with Crippen LogP contribution in [0.5, 0.6) is 5.75 Å². The lowest BCUT2D eigenvalue weighted by atomic mass is 10.1. The topological polar surface area (TPSA) is 62.1 Å². The molecule has 0 aromatic heterocycles. The zero-order chi connectivity index (χ0) is 20.4. The molecule has 146 valence electrons. The number of hydrogen-bond donors (Lipinski definition) is 1. The lowest BCUT2D eigenvalue weighted by Gasteiger charge is -2.11. The van der Waals surface area contributed by atoms with Crippen LogP contribution in [0.2, 0.25) is 5.02 Å². The molecule has 5 heteroatoms. The first-order valence-corrected chi connectivity index (χ1v) is 9.84. The molecule has 4 nitrogen and oxygen atoms in total. The van der Waals surface area contributed by atoms with Crippen molar-refractivity contribution in [2.75, 3.05) is 11.9 Å². The highest BCUT2D eigenvalue weighted by atomic mass is 35.5. The normalized spacial score (nSPS) is 11.0. The van der Waals surface area contributed by atoms with Gasteiger partial charge in [-0.15, -0.1) is 0 Å². The van der Waals surface area contributed by atoms with Crippen LogP contribution >= 0.6 is 11.6 Å². The van der Waals surface area contributed by atoms with Crippen molar-refractivity contribution in [3.8, 4) is 11.8 Å². The predicted molar refractivity (Wildman–Crippen MR) is 114 cm³/mol. The van der Waals surface area contributed by atoms with Crippen LogP contribution in [0.4, 0.5) is 5.69 Å². The Morgan fingerprint density at radius 3 is 2.68 bits per heavy atom. The molecule has 0 aliphatic heterocycles. The molecule has 0 heterocycles. The molecule has 0 saturated carbocycles. The molecule has 0 bridgehead atoms. The van der Waals surface area contributed by atoms with Gasteiger partial charge in [0.25, 0.3) is 5.91 Å². The monoisotopic (exact) mass is 396 g/mol. The fraction of sp³-hybridized carbons (Fsp3) is 0.304. The summed E-state index contributed by atoms with van der Waals surface area (Å²) in [6.45, 7) is 4.62. The van der Waals surface area contributed by atoms with E-state index in [2.05, 4.69) is 12.2 Å². The molecule has 0 radical (unpaired) electrons. The SMILES string of the molecule is CCCCCCOc1ccccc1/C=C(\C#N)C(=O)Nc1c(C)cccc1Cl. The molecule has 0 atom stereocenters. The van der Waals surface area contributed by atoms with E-state index >= 15 is 0 Å². The minimum absolute atomic E-state index is 0.0126. The van der Waals surface area contributed by atoms with Crippen molar-refractivity contribution in [3.63, 3.8) is 0 Å². The fourth-order valence-electron chi connectivity index (χ4n) is 2.72. The predicted octanol–water partition coefficient (Wildman–Crippen LogP) is 6.15. The molecule has 28 heavy (non-hydrogen) atoms. The summed E-state index contributed by atoms with van der Waals surface area (Å²) in [6.07, 6.45) is 6.00. The maximum atomic E-state index is 12.6. The molecular weight excluding hydrogens is 372 g/mol. The summed E-state index contributed by atoms with van der Waals surface area (Å²) in [5, 5.41) is 12.7. The van der Waals surface area contributed by atoms with E-state index in [1.165, 1.54) is 12.8 Å². The number of unbranched alkanes of at least 4 members (excludes halogenated alkanes) is 3. The van der Waals surface area contributed by atoms with Gasteiger partial charge in [0, 0.05) is 5.56 Å². The molecule has 2 aromatic carbocycles. The Balaban J connectivity index is 2.15. The number of rotatable bonds is 9. The van der Waals surface area contributed by atoms with Crippen LogP contribution in [-0.4, -0.2) is 12.5 Å². The summed E-state index contributed by atoms with van der Waals surface area (Å²) in [6, 6.07) is 14.7. The molecule has 1 amide bonds. The summed E-state index contributed by atoms with van der Waals surface area (Å²) in [5.41, 5.74) is 2.02. The summed E-state index contributed by atoms with van der Waals surface area (Å²) >= 11 is 6.16. The second-order valence-corrected chi connectivity index (χ2v) is 6.91. The summed E-state index contributed by atoms with van der Waals surface area (Å²) in [7, 11) is 0. The minimum atomic E-state index is -0.503. The first-order chi connectivity index (χ1) is 13.6. The van der Waals surface area contributed by atoms with Crippen LogP contribution in [0.3, 0.4) is 0 Å². The summed E-state index contributed by atoms with van der Waals surface area (Å²) in [5.74, 6) is 0.157. The highest BCUT2D eigenvalue weighted by molar-refractivity contribution is 6.34. The van der Waals surface area contributed by atoms with Crippen molar-refractivity contribution in [2.24, 2.45) is 0 Å². The average Bonchev–Trinajstić information content (AvgIpc) is 2.69. The Hall–Kier alpha value is -2.77. The van der Waals surface area contributed by atoms with Crippen LogP contribution in [0.15, 0.2) is 48.0 Å². The van der Waals surface area contributed by atoms with Crippen molar-refractivity contribution in [1.29, 1.82) is 5.26 Å². The smallest absolute Gasteiger partial charge is 0.266 e. The molecule has 0 aliphatic carbocycles. The van der Waals surface area contributed by atoms with E-state index in [0.717, 1.165) is 18.4 Å². The van der Waals surface area contributed by atoms with E-state index < -0.39 is 5.91 Å². The fourth-order valence-corrected chi connectivity index (χ4v) is 2.99. The number of para-hydroxylation sites is 2. The molecule has 2 rings (SSSR count). The van der Waals surface area contributed by atoms with Crippen molar-refractivity contribution in [2.45, 2.75) is 39.5 Å². The van der Waals surface area contributed by atoms with E-state index in [0.29, 0.717) is 28.6 Å². The maximum absolute atomic E-state index is 12.6. The van der Waals surface area contributed by atoms with Gasteiger partial charge < -0.3 is 10.1 Å². The molecule has 1 N–H and O–H groups in total. The third-order valence-electron chi connectivity index (χ3n) is 4.30. The van der Waals surface area contributed by atoms with E-state index in [-0.39, 0.29) is 5.57 Å². The Morgan fingerprint density at radius 1 is 1.18 bits per heavy atom. The summed E-state index contributed by atoms with van der Waals surface area (Å²) < 4.78 is 5.86. The highest BCUT2D eigenvalue weighted by Gasteiger charge is 2.14. The third kappa shape index (κ3) is 6.14. The van der Waals surface area contributed by atoms with E-state index in [9.17, 15) is 10.1 Å². The molecule has 0 saturated heterocycles. The van der Waals surface area contributed by atoms with E-state index in [4.69, 9.17) is 16.3 Å². The van der Waals surface area contributed by atoms with Gasteiger partial charge in [-0.25, -0.2) is 0 Å². The quantitative estimate of drug-likeness (QED) is 0.314. The first-order valence-electron chi connectivity index (χ1n) is 9.47. The average molecular weight is 397 g/mol. The number of amides is 1. The molecule has 0 aliphatic rings. The standard InChI is InChI=1S/C23H25ClN2O2/c1-3-4-5-8-14-28-21-13-7-6-11-18(21)15-19(16-25)23(27)26-22-17(2)10-9-12-20(22)24/h6-7,9-13,15H,3-5,8,14H2,1-2H3,(H,26,27)/b19-15+. The zero-order valence-electron chi connectivity index (χ0n) is 16.3. The number of carbonyl (C=O) groups excluding carboxylic acids is 1. The number of nitrogens with zero attached hydrogens (tertiary/aromatic N) is 1. The third-order valence-corrected chi connectivity index (χ3v) is 4.61. The van der Waals surface area contributed by atoms with Crippen LogP contribution < -0.4 is 10.1 Å². The minimum Gasteiger partial charge on any atom is -0.493 e. The number of nitrogens with one attached hydrogen (secondary N) is 1. The number of halogens is 1. The number of nitriles is 1. The largest absolute Gasteiger partial charge is 0.493 e. The van der Waals surface area contributed by atoms with Crippen molar-refractivity contribution < 1.29 is 9.53 Å². The molecule has 0 unspecified atom stereocenters. The number of aryl methyl sites for hydroxylation is 1. The van der Waals surface area contributed by atoms with Gasteiger partial charge in [-0.3, -0.25) is 4.79 Å². The first kappa shape index (κ1) is 21.5. The second kappa shape index (κ2) is 11.2. The van der Waals surface area contributed by atoms with Gasteiger partial charge in [-0.2, -0.15) is 5.26 Å². The Kier molecular flexibility index (Phi) is 8.58. The molecular formula is C23H25ClN2O2. The van der Waals surface area contributed by atoms with Crippen molar-refractivity contribution >= 4 is 29.3 Å². The Labute approximate surface area is 171 Å². The Morgan fingerprint density at radius 2 is 1.96 bits per heavy atom. The summed E-state index contributed by atoms with van der Waals surface area (Å²) in [4.78, 5) is 12.6. The number of ether oxygens (including phenoxy) is 1. The number of benzene rings is 2. The van der Waals surface area contributed by atoms with E-state index in [1.807, 2.05) is 49.4 Å². The van der Waals surface area contributed by atoms with Crippen LogP contribution in [-0.2, 0) is 4.79 Å². The second-order valence-electron chi connectivity index (χ2n) is 6.50. The van der Waals surface area contributed by atoms with Gasteiger partial charge in [0.05, 0.1) is 17.3 Å². The Bertz CT molecular complexity index is 864. The van der Waals surface area contributed by atoms with E-state index in [1.54, 1.807) is 12.1 Å². The molecule has 0 spiro atoms. The van der Waals surface area contributed by atoms with Crippen LogP contribution in [0.1, 0.15) is 43.7 Å². The number of hydrogen-bond acceptors (Lipinski definition) is 3. The van der Waals surface area contributed by atoms with Crippen LogP contribution in [0, 0.1) is 18.3 Å². The lowest BCUT2D eigenvalue weighted by molar-refractivity contribution is -0.112. The molecule has 0 fully saturated rings. The number of carbonyl (C=O) groups is 1. The lowest BCUT2D eigenvalue weighted by Crippen LogP contribution is -2.14. The highest BCUT2D eigenvalue weighted by Crippen LogP contribution is 2.26. The molecule has 2 aromatic rings. The van der Waals surface area contributed by atoms with Gasteiger partial charge in [0.1, 0.15) is 17.4 Å². The van der Waals surface area contributed by atoms with Gasteiger partial charge >= 0.3 is 0 Å². The van der Waals surface area contributed by atoms with Crippen molar-refractivity contribution in [1.82, 2.24) is 0 Å². The van der Waals surface area contributed by atoms with Gasteiger partial charge in [0.15, 0.2) is 0 Å². The van der Waals surface area contributed by atoms with Gasteiger partial charge in [0.2, 0.25) is 0 Å².